The molecule has 0 aromatic heterocycles. The molecule has 0 amide bonds. The Labute approximate surface area is 160 Å². The van der Waals surface area contributed by atoms with Crippen LogP contribution in [-0.4, -0.2) is 4.92 Å². The number of nitro groups is 1. The van der Waals surface area contributed by atoms with Crippen molar-refractivity contribution in [3.8, 4) is 17.9 Å². The quantitative estimate of drug-likeness (QED) is 0.348. The van der Waals surface area contributed by atoms with Gasteiger partial charge in [-0.05, 0) is 73.3 Å². The van der Waals surface area contributed by atoms with Crippen molar-refractivity contribution in [2.45, 2.75) is 6.61 Å². The molecule has 0 bridgehead atoms. The van der Waals surface area contributed by atoms with Crippen molar-refractivity contribution >= 4 is 43.6 Å². The molecular formula is C17H9Br2N3O3. The number of nitriles is 2. The number of hydrogen-bond acceptors (Lipinski definition) is 5. The third kappa shape index (κ3) is 4.90. The van der Waals surface area contributed by atoms with Gasteiger partial charge < -0.3 is 4.74 Å². The molecule has 0 aliphatic carbocycles. The molecule has 2 aromatic rings. The molecule has 0 atom stereocenters. The van der Waals surface area contributed by atoms with Gasteiger partial charge in [0, 0.05) is 12.1 Å². The monoisotopic (exact) mass is 461 g/mol. The number of hydrogen-bond donors (Lipinski definition) is 0. The minimum Gasteiger partial charge on any atom is -0.487 e. The number of rotatable bonds is 5. The summed E-state index contributed by atoms with van der Waals surface area (Å²) in [6.45, 7) is 0.228. The Morgan fingerprint density at radius 1 is 1.16 bits per heavy atom. The molecule has 0 fully saturated rings. The smallest absolute Gasteiger partial charge is 0.269 e. The van der Waals surface area contributed by atoms with Crippen molar-refractivity contribution in [1.29, 1.82) is 10.5 Å². The SMILES string of the molecule is N#CC(C#N)=Cc1cc(Br)c(OCc2ccc([N+](=O)[O-])cc2)c(Br)c1. The van der Waals surface area contributed by atoms with E-state index in [1.807, 2.05) is 0 Å². The first-order valence-electron chi connectivity index (χ1n) is 6.81. The molecule has 0 saturated heterocycles. The van der Waals surface area contributed by atoms with Gasteiger partial charge >= 0.3 is 0 Å². The van der Waals surface area contributed by atoms with E-state index in [2.05, 4.69) is 31.9 Å². The van der Waals surface area contributed by atoms with Gasteiger partial charge in [-0.1, -0.05) is 0 Å². The summed E-state index contributed by atoms with van der Waals surface area (Å²) >= 11 is 6.79. The fourth-order valence-corrected chi connectivity index (χ4v) is 3.38. The second kappa shape index (κ2) is 8.43. The summed E-state index contributed by atoms with van der Waals surface area (Å²) in [5, 5.41) is 28.3. The first kappa shape index (κ1) is 18.7. The molecule has 0 N–H and O–H groups in total. The zero-order chi connectivity index (χ0) is 18.4. The van der Waals surface area contributed by atoms with E-state index in [0.717, 1.165) is 5.56 Å². The van der Waals surface area contributed by atoms with Crippen LogP contribution in [0.2, 0.25) is 0 Å². The first-order chi connectivity index (χ1) is 11.9. The highest BCUT2D eigenvalue weighted by molar-refractivity contribution is 9.11. The van der Waals surface area contributed by atoms with E-state index in [1.54, 1.807) is 36.4 Å². The van der Waals surface area contributed by atoms with E-state index >= 15 is 0 Å². The Morgan fingerprint density at radius 3 is 2.20 bits per heavy atom. The Morgan fingerprint density at radius 2 is 1.72 bits per heavy atom. The van der Waals surface area contributed by atoms with Gasteiger partial charge in [0.1, 0.15) is 30.1 Å². The zero-order valence-corrected chi connectivity index (χ0v) is 15.7. The Hall–Kier alpha value is -2.68. The van der Waals surface area contributed by atoms with Crippen LogP contribution >= 0.6 is 31.9 Å². The van der Waals surface area contributed by atoms with Crippen LogP contribution in [0.15, 0.2) is 50.9 Å². The molecule has 0 aliphatic rings. The first-order valence-corrected chi connectivity index (χ1v) is 8.40. The van der Waals surface area contributed by atoms with E-state index in [0.29, 0.717) is 20.3 Å². The average Bonchev–Trinajstić information content (AvgIpc) is 2.59. The van der Waals surface area contributed by atoms with E-state index < -0.39 is 4.92 Å². The van der Waals surface area contributed by atoms with E-state index in [4.69, 9.17) is 15.3 Å². The van der Waals surface area contributed by atoms with Crippen LogP contribution in [0.1, 0.15) is 11.1 Å². The Bertz CT molecular complexity index is 887. The van der Waals surface area contributed by atoms with Crippen LogP contribution in [0.4, 0.5) is 5.69 Å². The summed E-state index contributed by atoms with van der Waals surface area (Å²) in [5.74, 6) is 0.547. The number of nitro benzene ring substituents is 1. The highest BCUT2D eigenvalue weighted by Crippen LogP contribution is 2.36. The van der Waals surface area contributed by atoms with Crippen LogP contribution in [0.3, 0.4) is 0 Å². The van der Waals surface area contributed by atoms with E-state index in [9.17, 15) is 10.1 Å². The molecule has 0 heterocycles. The van der Waals surface area contributed by atoms with Gasteiger partial charge in [-0.15, -0.1) is 0 Å². The summed E-state index contributed by atoms with van der Waals surface area (Å²) in [7, 11) is 0. The Balaban J connectivity index is 2.18. The lowest BCUT2D eigenvalue weighted by Gasteiger charge is -2.11. The van der Waals surface area contributed by atoms with Crippen LogP contribution in [-0.2, 0) is 6.61 Å². The predicted molar refractivity (Wildman–Crippen MR) is 98.5 cm³/mol. The maximum atomic E-state index is 10.6. The lowest BCUT2D eigenvalue weighted by atomic mass is 10.1. The van der Waals surface area contributed by atoms with Gasteiger partial charge in [0.15, 0.2) is 0 Å². The second-order valence-electron chi connectivity index (χ2n) is 4.81. The molecule has 0 spiro atoms. The maximum Gasteiger partial charge on any atom is 0.269 e. The molecule has 0 saturated carbocycles. The molecule has 2 aromatic carbocycles. The van der Waals surface area contributed by atoms with E-state index in [1.165, 1.54) is 18.2 Å². The van der Waals surface area contributed by atoms with Crippen LogP contribution in [0.5, 0.6) is 5.75 Å². The van der Waals surface area contributed by atoms with Gasteiger partial charge in [0.2, 0.25) is 0 Å². The Kier molecular flexibility index (Phi) is 6.29. The third-order valence-corrected chi connectivity index (χ3v) is 4.28. The predicted octanol–water partition coefficient (Wildman–Crippen LogP) is 5.13. The summed E-state index contributed by atoms with van der Waals surface area (Å²) in [6.07, 6.45) is 1.47. The van der Waals surface area contributed by atoms with Gasteiger partial charge in [-0.25, -0.2) is 0 Å². The van der Waals surface area contributed by atoms with Gasteiger partial charge in [0.25, 0.3) is 5.69 Å². The highest BCUT2D eigenvalue weighted by atomic mass is 79.9. The maximum absolute atomic E-state index is 10.6. The lowest BCUT2D eigenvalue weighted by molar-refractivity contribution is -0.384. The number of benzene rings is 2. The minimum absolute atomic E-state index is 0.00153. The van der Waals surface area contributed by atoms with Crippen molar-refractivity contribution in [2.24, 2.45) is 0 Å². The zero-order valence-electron chi connectivity index (χ0n) is 12.6. The second-order valence-corrected chi connectivity index (χ2v) is 6.52. The molecule has 8 heteroatoms. The van der Waals surface area contributed by atoms with Crippen molar-refractivity contribution in [3.63, 3.8) is 0 Å². The fraction of sp³-hybridized carbons (Fsp3) is 0.0588. The van der Waals surface area contributed by atoms with Crippen molar-refractivity contribution < 1.29 is 9.66 Å². The van der Waals surface area contributed by atoms with Crippen molar-refractivity contribution in [2.75, 3.05) is 0 Å². The molecule has 0 radical (unpaired) electrons. The molecule has 124 valence electrons. The molecule has 2 rings (SSSR count). The number of halogens is 2. The van der Waals surface area contributed by atoms with Gasteiger partial charge in [-0.2, -0.15) is 10.5 Å². The topological polar surface area (TPSA) is 100.0 Å². The molecule has 0 unspecified atom stereocenters. The summed E-state index contributed by atoms with van der Waals surface area (Å²) in [5.41, 5.74) is 1.47. The highest BCUT2D eigenvalue weighted by Gasteiger charge is 2.10. The summed E-state index contributed by atoms with van der Waals surface area (Å²) < 4.78 is 7.04. The van der Waals surface area contributed by atoms with Crippen molar-refractivity contribution in [3.05, 3.63) is 72.2 Å². The summed E-state index contributed by atoms with van der Waals surface area (Å²) in [4.78, 5) is 10.2. The van der Waals surface area contributed by atoms with Gasteiger partial charge in [0.05, 0.1) is 13.9 Å². The number of non-ortho nitro benzene ring substituents is 1. The van der Waals surface area contributed by atoms with E-state index in [-0.39, 0.29) is 17.9 Å². The normalized spacial score (nSPS) is 9.60. The van der Waals surface area contributed by atoms with Gasteiger partial charge in [-0.3, -0.25) is 10.1 Å². The molecule has 25 heavy (non-hydrogen) atoms. The van der Waals surface area contributed by atoms with Crippen molar-refractivity contribution in [1.82, 2.24) is 0 Å². The third-order valence-electron chi connectivity index (χ3n) is 3.10. The molecular weight excluding hydrogens is 454 g/mol. The number of nitrogens with zero attached hydrogens (tertiary/aromatic N) is 3. The lowest BCUT2D eigenvalue weighted by Crippen LogP contribution is -1.98. The number of allylic oxidation sites excluding steroid dienone is 1. The van der Waals surface area contributed by atoms with Crippen LogP contribution in [0.25, 0.3) is 6.08 Å². The number of ether oxygens (including phenoxy) is 1. The fourth-order valence-electron chi connectivity index (χ4n) is 1.93. The standard InChI is InChI=1S/C17H9Br2N3O3/c18-15-6-12(5-13(8-20)9-21)7-16(19)17(15)25-10-11-1-3-14(4-2-11)22(23)24/h1-7H,10H2. The molecule has 0 aliphatic heterocycles. The summed E-state index contributed by atoms with van der Waals surface area (Å²) in [6, 6.07) is 13.2. The molecule has 6 nitrogen and oxygen atoms in total. The minimum atomic E-state index is -0.458. The van der Waals surface area contributed by atoms with Crippen LogP contribution in [0, 0.1) is 32.8 Å². The largest absolute Gasteiger partial charge is 0.487 e. The average molecular weight is 463 g/mol. The van der Waals surface area contributed by atoms with Crippen LogP contribution < -0.4 is 4.74 Å².